The number of nitrogens with one attached hydrogen (secondary N) is 1. The van der Waals surface area contributed by atoms with Crippen LogP contribution in [0, 0.1) is 0 Å². The number of carboxylic acids is 1. The molecule has 0 bridgehead atoms. The van der Waals surface area contributed by atoms with Crippen LogP contribution in [0.5, 0.6) is 0 Å². The second kappa shape index (κ2) is 3.90. The van der Waals surface area contributed by atoms with E-state index in [-0.39, 0.29) is 11.9 Å². The van der Waals surface area contributed by atoms with Crippen LogP contribution in [0.15, 0.2) is 12.3 Å². The van der Waals surface area contributed by atoms with Gasteiger partial charge in [-0.25, -0.2) is 9.78 Å². The van der Waals surface area contributed by atoms with Gasteiger partial charge in [0.1, 0.15) is 5.82 Å². The molecule has 0 amide bonds. The molecule has 92 valence electrons. The molecule has 0 spiro atoms. The molecular formula is C10H9F3N2O2. The lowest BCUT2D eigenvalue weighted by Crippen LogP contribution is -2.15. The van der Waals surface area contributed by atoms with Gasteiger partial charge >= 0.3 is 12.1 Å². The summed E-state index contributed by atoms with van der Waals surface area (Å²) in [6.45, 7) is 0. The predicted molar refractivity (Wildman–Crippen MR) is 52.8 cm³/mol. The zero-order valence-electron chi connectivity index (χ0n) is 8.58. The maximum atomic E-state index is 12.5. The number of rotatable bonds is 3. The Hall–Kier alpha value is -1.79. The number of aromatic carboxylic acids is 1. The lowest BCUT2D eigenvalue weighted by molar-refractivity contribution is -0.138. The van der Waals surface area contributed by atoms with Gasteiger partial charge in [-0.1, -0.05) is 0 Å². The molecule has 1 aliphatic carbocycles. The molecule has 1 aliphatic rings. The smallest absolute Gasteiger partial charge is 0.418 e. The van der Waals surface area contributed by atoms with Crippen molar-refractivity contribution in [3.05, 3.63) is 23.4 Å². The van der Waals surface area contributed by atoms with Gasteiger partial charge in [0.25, 0.3) is 0 Å². The minimum absolute atomic E-state index is 0.165. The zero-order chi connectivity index (χ0) is 12.6. The van der Waals surface area contributed by atoms with Crippen LogP contribution in [-0.2, 0) is 6.18 Å². The lowest BCUT2D eigenvalue weighted by atomic mass is 10.1. The van der Waals surface area contributed by atoms with E-state index in [9.17, 15) is 18.0 Å². The minimum Gasteiger partial charge on any atom is -0.478 e. The number of nitrogens with zero attached hydrogens (tertiary/aromatic N) is 1. The SMILES string of the molecule is O=C(O)c1cc(NC2CC2)ncc1C(F)(F)F. The highest BCUT2D eigenvalue weighted by Gasteiger charge is 2.36. The summed E-state index contributed by atoms with van der Waals surface area (Å²) in [6, 6.07) is 1.12. The summed E-state index contributed by atoms with van der Waals surface area (Å²) >= 11 is 0. The van der Waals surface area contributed by atoms with Gasteiger partial charge in [-0.2, -0.15) is 13.2 Å². The second-order valence-electron chi connectivity index (χ2n) is 3.84. The monoisotopic (exact) mass is 246 g/mol. The summed E-state index contributed by atoms with van der Waals surface area (Å²) < 4.78 is 37.5. The van der Waals surface area contributed by atoms with Crippen molar-refractivity contribution in [3.8, 4) is 0 Å². The van der Waals surface area contributed by atoms with Gasteiger partial charge in [-0.05, 0) is 18.9 Å². The van der Waals surface area contributed by atoms with Crippen molar-refractivity contribution < 1.29 is 23.1 Å². The molecule has 0 unspecified atom stereocenters. The van der Waals surface area contributed by atoms with Crippen LogP contribution >= 0.6 is 0 Å². The standard InChI is InChI=1S/C10H9F3N2O2/c11-10(12,13)7-4-14-8(15-5-1-2-5)3-6(7)9(16)17/h3-5H,1-2H2,(H,14,15)(H,16,17). The van der Waals surface area contributed by atoms with Crippen LogP contribution in [-0.4, -0.2) is 22.1 Å². The summed E-state index contributed by atoms with van der Waals surface area (Å²) in [5, 5.41) is 11.6. The Morgan fingerprint density at radius 1 is 1.47 bits per heavy atom. The topological polar surface area (TPSA) is 62.2 Å². The highest BCUT2D eigenvalue weighted by atomic mass is 19.4. The Kier molecular flexibility index (Phi) is 2.68. The van der Waals surface area contributed by atoms with Crippen LogP contribution in [0.3, 0.4) is 0 Å². The van der Waals surface area contributed by atoms with E-state index in [0.29, 0.717) is 6.20 Å². The summed E-state index contributed by atoms with van der Waals surface area (Å²) in [6.07, 6.45) is -2.32. The minimum atomic E-state index is -4.71. The average molecular weight is 246 g/mol. The van der Waals surface area contributed by atoms with E-state index in [0.717, 1.165) is 18.9 Å². The van der Waals surface area contributed by atoms with E-state index < -0.39 is 23.3 Å². The van der Waals surface area contributed by atoms with Gasteiger partial charge in [0.15, 0.2) is 0 Å². The largest absolute Gasteiger partial charge is 0.478 e. The summed E-state index contributed by atoms with van der Waals surface area (Å²) in [7, 11) is 0. The van der Waals surface area contributed by atoms with Crippen LogP contribution in [0.25, 0.3) is 0 Å². The molecule has 0 saturated heterocycles. The third-order valence-corrected chi connectivity index (χ3v) is 2.37. The number of hydrogen-bond donors (Lipinski definition) is 2. The molecule has 2 rings (SSSR count). The first-order chi connectivity index (χ1) is 7.88. The fourth-order valence-corrected chi connectivity index (χ4v) is 1.37. The Morgan fingerprint density at radius 2 is 2.12 bits per heavy atom. The van der Waals surface area contributed by atoms with E-state index in [4.69, 9.17) is 5.11 Å². The number of anilines is 1. The van der Waals surface area contributed by atoms with Gasteiger partial charge in [0, 0.05) is 12.2 Å². The maximum absolute atomic E-state index is 12.5. The number of carbonyl (C=O) groups is 1. The van der Waals surface area contributed by atoms with Crippen molar-refractivity contribution in [1.29, 1.82) is 0 Å². The predicted octanol–water partition coefficient (Wildman–Crippen LogP) is 2.37. The normalized spacial score (nSPS) is 15.7. The van der Waals surface area contributed by atoms with Crippen molar-refractivity contribution in [3.63, 3.8) is 0 Å². The Labute approximate surface area is 94.5 Å². The molecule has 17 heavy (non-hydrogen) atoms. The number of alkyl halides is 3. The van der Waals surface area contributed by atoms with Gasteiger partial charge < -0.3 is 10.4 Å². The van der Waals surface area contributed by atoms with Crippen molar-refractivity contribution in [2.75, 3.05) is 5.32 Å². The first-order valence-electron chi connectivity index (χ1n) is 4.95. The molecule has 2 N–H and O–H groups in total. The van der Waals surface area contributed by atoms with Crippen molar-refractivity contribution in [2.45, 2.75) is 25.1 Å². The molecule has 1 saturated carbocycles. The molecule has 0 atom stereocenters. The van der Waals surface area contributed by atoms with Crippen LogP contribution < -0.4 is 5.32 Å². The van der Waals surface area contributed by atoms with E-state index in [1.165, 1.54) is 0 Å². The second-order valence-corrected chi connectivity index (χ2v) is 3.84. The van der Waals surface area contributed by atoms with Crippen molar-refractivity contribution in [2.24, 2.45) is 0 Å². The highest BCUT2D eigenvalue weighted by Crippen LogP contribution is 2.33. The van der Waals surface area contributed by atoms with Crippen LogP contribution in [0.4, 0.5) is 19.0 Å². The zero-order valence-corrected chi connectivity index (χ0v) is 8.58. The van der Waals surface area contributed by atoms with Gasteiger partial charge in [0.05, 0.1) is 11.1 Å². The number of pyridine rings is 1. The number of aromatic nitrogens is 1. The number of halogens is 3. The first-order valence-corrected chi connectivity index (χ1v) is 4.95. The summed E-state index contributed by atoms with van der Waals surface area (Å²) in [5.41, 5.74) is -2.01. The first kappa shape index (κ1) is 11.7. The van der Waals surface area contributed by atoms with Crippen molar-refractivity contribution in [1.82, 2.24) is 4.98 Å². The Balaban J connectivity index is 2.36. The third-order valence-electron chi connectivity index (χ3n) is 2.37. The quantitative estimate of drug-likeness (QED) is 0.859. The van der Waals surface area contributed by atoms with Gasteiger partial charge in [-0.3, -0.25) is 0 Å². The van der Waals surface area contributed by atoms with E-state index >= 15 is 0 Å². The molecule has 0 radical (unpaired) electrons. The summed E-state index contributed by atoms with van der Waals surface area (Å²) in [4.78, 5) is 14.3. The Morgan fingerprint density at radius 3 is 2.59 bits per heavy atom. The maximum Gasteiger partial charge on any atom is 0.418 e. The number of carboxylic acid groups (broad SMARTS) is 1. The number of hydrogen-bond acceptors (Lipinski definition) is 3. The molecule has 1 fully saturated rings. The third kappa shape index (κ3) is 2.66. The molecule has 1 heterocycles. The van der Waals surface area contributed by atoms with Gasteiger partial charge in [0.2, 0.25) is 0 Å². The van der Waals surface area contributed by atoms with E-state index in [2.05, 4.69) is 10.3 Å². The fraction of sp³-hybridized carbons (Fsp3) is 0.400. The van der Waals surface area contributed by atoms with Gasteiger partial charge in [-0.15, -0.1) is 0 Å². The van der Waals surface area contributed by atoms with Crippen LogP contribution in [0.1, 0.15) is 28.8 Å². The molecule has 0 aliphatic heterocycles. The molecule has 1 aromatic heterocycles. The molecular weight excluding hydrogens is 237 g/mol. The lowest BCUT2D eigenvalue weighted by Gasteiger charge is -2.11. The van der Waals surface area contributed by atoms with Crippen molar-refractivity contribution >= 4 is 11.8 Å². The Bertz CT molecular complexity index is 455. The van der Waals surface area contributed by atoms with E-state index in [1.54, 1.807) is 0 Å². The van der Waals surface area contributed by atoms with Crippen LogP contribution in [0.2, 0.25) is 0 Å². The average Bonchev–Trinajstić information content (AvgIpc) is 2.99. The highest BCUT2D eigenvalue weighted by molar-refractivity contribution is 5.90. The molecule has 4 nitrogen and oxygen atoms in total. The van der Waals surface area contributed by atoms with E-state index in [1.807, 2.05) is 0 Å². The molecule has 0 aromatic carbocycles. The fourth-order valence-electron chi connectivity index (χ4n) is 1.37. The summed E-state index contributed by atoms with van der Waals surface area (Å²) in [5.74, 6) is -1.45. The molecule has 1 aromatic rings. The molecule has 7 heteroatoms.